The predicted octanol–water partition coefficient (Wildman–Crippen LogP) is 2.71. The Morgan fingerprint density at radius 3 is 2.76 bits per heavy atom. The Labute approximate surface area is 117 Å². The van der Waals surface area contributed by atoms with Crippen LogP contribution in [0.4, 0.5) is 0 Å². The number of amides is 1. The Morgan fingerprint density at radius 2 is 2.29 bits per heavy atom. The fourth-order valence-electron chi connectivity index (χ4n) is 1.22. The van der Waals surface area contributed by atoms with Crippen molar-refractivity contribution in [1.82, 2.24) is 5.32 Å². The molecule has 1 aromatic rings. The van der Waals surface area contributed by atoms with Crippen molar-refractivity contribution < 1.29 is 9.00 Å². The van der Waals surface area contributed by atoms with E-state index in [1.165, 1.54) is 11.3 Å². The molecule has 1 N–H and O–H groups in total. The van der Waals surface area contributed by atoms with Gasteiger partial charge >= 0.3 is 0 Å². The lowest BCUT2D eigenvalue weighted by Crippen LogP contribution is -2.27. The molecule has 0 aliphatic heterocycles. The van der Waals surface area contributed by atoms with Crippen molar-refractivity contribution in [3.8, 4) is 0 Å². The molecule has 0 fully saturated rings. The highest BCUT2D eigenvalue weighted by Crippen LogP contribution is 2.27. The van der Waals surface area contributed by atoms with Gasteiger partial charge < -0.3 is 5.32 Å². The first-order valence-electron chi connectivity index (χ1n) is 5.27. The van der Waals surface area contributed by atoms with Gasteiger partial charge in [-0.2, -0.15) is 0 Å². The minimum atomic E-state index is -0.828. The molecule has 2 atom stereocenters. The van der Waals surface area contributed by atoms with Crippen LogP contribution in [0.3, 0.4) is 0 Å². The number of halogens is 1. The van der Waals surface area contributed by atoms with Crippen LogP contribution < -0.4 is 5.32 Å². The number of carbonyl (C=O) groups is 1. The first-order valence-corrected chi connectivity index (χ1v) is 8.57. The summed E-state index contributed by atoms with van der Waals surface area (Å²) in [6, 6.07) is 0. The minimum absolute atomic E-state index is 0.0657. The maximum absolute atomic E-state index is 11.8. The van der Waals surface area contributed by atoms with E-state index in [-0.39, 0.29) is 11.2 Å². The van der Waals surface area contributed by atoms with Gasteiger partial charge in [-0.1, -0.05) is 6.92 Å². The van der Waals surface area contributed by atoms with Crippen LogP contribution in [0.1, 0.15) is 28.6 Å². The molecular formula is C11H16BrNO2S2. The van der Waals surface area contributed by atoms with Crippen LogP contribution in [-0.2, 0) is 10.8 Å². The fourth-order valence-corrected chi connectivity index (χ4v) is 3.25. The molecule has 0 saturated heterocycles. The molecule has 17 heavy (non-hydrogen) atoms. The largest absolute Gasteiger partial charge is 0.351 e. The SMILES string of the molecule is Cc1csc(C(=O)NCCC(C)S(C)=O)c1Br. The van der Waals surface area contributed by atoms with Crippen molar-refractivity contribution in [2.75, 3.05) is 12.8 Å². The summed E-state index contributed by atoms with van der Waals surface area (Å²) in [5.41, 5.74) is 1.07. The third-order valence-corrected chi connectivity index (χ3v) is 6.26. The molecule has 6 heteroatoms. The van der Waals surface area contributed by atoms with Gasteiger partial charge in [0.2, 0.25) is 0 Å². The van der Waals surface area contributed by atoms with E-state index < -0.39 is 10.8 Å². The Morgan fingerprint density at radius 1 is 1.65 bits per heavy atom. The highest BCUT2D eigenvalue weighted by atomic mass is 79.9. The second-order valence-corrected chi connectivity index (χ2v) is 7.39. The maximum Gasteiger partial charge on any atom is 0.262 e. The number of thiophene rings is 1. The molecule has 3 nitrogen and oxygen atoms in total. The summed E-state index contributed by atoms with van der Waals surface area (Å²) in [5, 5.41) is 4.91. The molecule has 1 aromatic heterocycles. The third-order valence-electron chi connectivity index (χ3n) is 2.51. The number of carbonyl (C=O) groups excluding carboxylic acids is 1. The lowest BCUT2D eigenvalue weighted by Gasteiger charge is -2.08. The number of aryl methyl sites for hydroxylation is 1. The molecule has 0 radical (unpaired) electrons. The highest BCUT2D eigenvalue weighted by Gasteiger charge is 2.14. The molecule has 0 aliphatic carbocycles. The first-order chi connectivity index (χ1) is 7.93. The average Bonchev–Trinajstić information content (AvgIpc) is 2.59. The van der Waals surface area contributed by atoms with Gasteiger partial charge in [0, 0.05) is 33.3 Å². The second kappa shape index (κ2) is 6.66. The zero-order valence-electron chi connectivity index (χ0n) is 10.1. The zero-order valence-corrected chi connectivity index (χ0v) is 13.3. The lowest BCUT2D eigenvalue weighted by atomic mass is 10.3. The van der Waals surface area contributed by atoms with Crippen molar-refractivity contribution in [2.45, 2.75) is 25.5 Å². The van der Waals surface area contributed by atoms with E-state index in [0.717, 1.165) is 16.5 Å². The number of nitrogens with one attached hydrogen (secondary N) is 1. The molecule has 0 saturated carbocycles. The van der Waals surface area contributed by atoms with Crippen LogP contribution in [0.25, 0.3) is 0 Å². The smallest absolute Gasteiger partial charge is 0.262 e. The van der Waals surface area contributed by atoms with E-state index in [1.54, 1.807) is 6.26 Å². The summed E-state index contributed by atoms with van der Waals surface area (Å²) in [7, 11) is -0.828. The van der Waals surface area contributed by atoms with Gasteiger partial charge in [0.1, 0.15) is 4.88 Å². The van der Waals surface area contributed by atoms with Gasteiger partial charge in [0.25, 0.3) is 5.91 Å². The minimum Gasteiger partial charge on any atom is -0.351 e. The Kier molecular flexibility index (Phi) is 5.82. The third kappa shape index (κ3) is 4.19. The van der Waals surface area contributed by atoms with Crippen LogP contribution in [0.15, 0.2) is 9.85 Å². The topological polar surface area (TPSA) is 46.2 Å². The van der Waals surface area contributed by atoms with E-state index >= 15 is 0 Å². The molecule has 0 aromatic carbocycles. The second-order valence-electron chi connectivity index (χ2n) is 3.92. The summed E-state index contributed by atoms with van der Waals surface area (Å²) < 4.78 is 12.0. The molecule has 1 amide bonds. The molecule has 96 valence electrons. The molecule has 0 aliphatic rings. The first kappa shape index (κ1) is 14.9. The molecule has 0 bridgehead atoms. The monoisotopic (exact) mass is 337 g/mol. The summed E-state index contributed by atoms with van der Waals surface area (Å²) >= 11 is 4.83. The van der Waals surface area contributed by atoms with E-state index in [4.69, 9.17) is 0 Å². The van der Waals surface area contributed by atoms with Crippen LogP contribution in [0.5, 0.6) is 0 Å². The highest BCUT2D eigenvalue weighted by molar-refractivity contribution is 9.10. The van der Waals surface area contributed by atoms with Gasteiger partial charge in [0.15, 0.2) is 0 Å². The Balaban J connectivity index is 2.46. The standard InChI is InChI=1S/C11H16BrNO2S2/c1-7-6-16-10(9(7)12)11(14)13-5-4-8(2)17(3)15/h6,8H,4-5H2,1-3H3,(H,13,14). The number of rotatable bonds is 5. The van der Waals surface area contributed by atoms with Gasteiger partial charge in [0.05, 0.1) is 0 Å². The van der Waals surface area contributed by atoms with Gasteiger partial charge in [-0.05, 0) is 40.2 Å². The summed E-state index contributed by atoms with van der Waals surface area (Å²) in [4.78, 5) is 12.5. The van der Waals surface area contributed by atoms with E-state index in [9.17, 15) is 9.00 Å². The summed E-state index contributed by atoms with van der Waals surface area (Å²) in [5.74, 6) is -0.0657. The van der Waals surface area contributed by atoms with E-state index in [1.807, 2.05) is 19.2 Å². The molecule has 2 unspecified atom stereocenters. The normalized spacial score (nSPS) is 14.4. The van der Waals surface area contributed by atoms with Crippen LogP contribution in [-0.4, -0.2) is 28.2 Å². The van der Waals surface area contributed by atoms with Gasteiger partial charge in [-0.15, -0.1) is 11.3 Å². The lowest BCUT2D eigenvalue weighted by molar-refractivity contribution is 0.0956. The van der Waals surface area contributed by atoms with Gasteiger partial charge in [-0.25, -0.2) is 0 Å². The number of hydrogen-bond donors (Lipinski definition) is 1. The Bertz CT molecular complexity index is 431. The quantitative estimate of drug-likeness (QED) is 0.897. The van der Waals surface area contributed by atoms with Crippen molar-refractivity contribution in [3.63, 3.8) is 0 Å². The molecular weight excluding hydrogens is 322 g/mol. The molecule has 1 heterocycles. The van der Waals surface area contributed by atoms with Crippen molar-refractivity contribution >= 4 is 44.0 Å². The van der Waals surface area contributed by atoms with E-state index in [2.05, 4.69) is 21.2 Å². The summed E-state index contributed by atoms with van der Waals surface area (Å²) in [6.07, 6.45) is 2.42. The summed E-state index contributed by atoms with van der Waals surface area (Å²) in [6.45, 7) is 4.44. The van der Waals surface area contributed by atoms with Crippen molar-refractivity contribution in [3.05, 3.63) is 20.3 Å². The van der Waals surface area contributed by atoms with E-state index in [0.29, 0.717) is 11.4 Å². The van der Waals surface area contributed by atoms with Crippen molar-refractivity contribution in [2.24, 2.45) is 0 Å². The maximum atomic E-state index is 11.8. The number of hydrogen-bond acceptors (Lipinski definition) is 3. The Hall–Kier alpha value is -0.200. The average molecular weight is 338 g/mol. The molecule has 0 spiro atoms. The van der Waals surface area contributed by atoms with Crippen LogP contribution in [0, 0.1) is 6.92 Å². The van der Waals surface area contributed by atoms with Crippen molar-refractivity contribution in [1.29, 1.82) is 0 Å². The van der Waals surface area contributed by atoms with Crippen LogP contribution >= 0.6 is 27.3 Å². The fraction of sp³-hybridized carbons (Fsp3) is 0.545. The zero-order chi connectivity index (χ0) is 13.0. The van der Waals surface area contributed by atoms with Gasteiger partial charge in [-0.3, -0.25) is 9.00 Å². The molecule has 1 rings (SSSR count). The predicted molar refractivity (Wildman–Crippen MR) is 77.2 cm³/mol. The van der Waals surface area contributed by atoms with Crippen LogP contribution in [0.2, 0.25) is 0 Å².